The number of primary amides is 1. The number of nitrogens with two attached hydrogens (primary N) is 2. The fourth-order valence-corrected chi connectivity index (χ4v) is 8.81. The molecule has 1 fully saturated rings. The maximum absolute atomic E-state index is 14.2. The highest BCUT2D eigenvalue weighted by molar-refractivity contribution is 8.77. The first kappa shape index (κ1) is 55.3. The summed E-state index contributed by atoms with van der Waals surface area (Å²) < 4.78 is -1.36. The average Bonchev–Trinajstić information content (AvgIpc) is 3.18. The molecule has 22 nitrogen and oxygen atoms in total. The quantitative estimate of drug-likeness (QED) is 0.0462. The lowest BCUT2D eigenvalue weighted by Crippen LogP contribution is -2.64. The SMILES string of the molecule is CC[C@H](C)[C@@H]1NC(=O)CNC(=O)[C@H]([C@@H](C)O)NC(=O)[C@@H](NC(=O)[C@H](CCCCN)NC(=O)[C@@H](NC(C)=O)C(C)C)C(C)(C)SSC[C@@H](C(=O)N[C@@H](CCC(=O)O)C(N)=O)NC1=O. The fourth-order valence-electron chi connectivity index (χ4n) is 5.99. The Bertz CT molecular complexity index is 1620. The van der Waals surface area contributed by atoms with Crippen LogP contribution in [0.25, 0.3) is 0 Å². The van der Waals surface area contributed by atoms with Crippen LogP contribution in [0.2, 0.25) is 0 Å². The van der Waals surface area contributed by atoms with Gasteiger partial charge >= 0.3 is 5.97 Å². The maximum atomic E-state index is 14.2. The van der Waals surface area contributed by atoms with Crippen LogP contribution in [0.1, 0.15) is 93.9 Å². The van der Waals surface area contributed by atoms with Crippen LogP contribution in [-0.2, 0) is 47.9 Å². The first-order chi connectivity index (χ1) is 28.9. The molecular weight excluding hydrogens is 853 g/mol. The Morgan fingerprint density at radius 2 is 1.50 bits per heavy atom. The number of carboxylic acid groups (broad SMARTS) is 1. The van der Waals surface area contributed by atoms with Gasteiger partial charge in [0, 0.05) is 23.8 Å². The minimum Gasteiger partial charge on any atom is -0.481 e. The van der Waals surface area contributed by atoms with Crippen molar-refractivity contribution in [2.24, 2.45) is 23.3 Å². The zero-order valence-corrected chi connectivity index (χ0v) is 38.2. The molecule has 0 unspecified atom stereocenters. The van der Waals surface area contributed by atoms with Gasteiger partial charge in [-0.15, -0.1) is 0 Å². The van der Waals surface area contributed by atoms with E-state index < -0.39 is 131 Å². The molecule has 0 aromatic carbocycles. The lowest BCUT2D eigenvalue weighted by Gasteiger charge is -2.35. The van der Waals surface area contributed by atoms with E-state index in [0.717, 1.165) is 21.6 Å². The summed E-state index contributed by atoms with van der Waals surface area (Å²) in [6.07, 6.45) is -1.08. The highest BCUT2D eigenvalue weighted by Crippen LogP contribution is 2.39. The number of carbonyl (C=O) groups is 10. The highest BCUT2D eigenvalue weighted by atomic mass is 33.1. The largest absolute Gasteiger partial charge is 0.481 e. The van der Waals surface area contributed by atoms with Crippen molar-refractivity contribution in [1.29, 1.82) is 0 Å². The van der Waals surface area contributed by atoms with Crippen LogP contribution in [0.3, 0.4) is 0 Å². The molecule has 0 aromatic heterocycles. The van der Waals surface area contributed by atoms with E-state index in [1.165, 1.54) is 13.8 Å². The van der Waals surface area contributed by atoms with Crippen LogP contribution in [0.4, 0.5) is 0 Å². The van der Waals surface area contributed by atoms with Gasteiger partial charge in [0.1, 0.15) is 42.3 Å². The molecule has 1 aliphatic rings. The molecule has 9 atom stereocenters. The summed E-state index contributed by atoms with van der Waals surface area (Å²) in [4.78, 5) is 131. The molecule has 352 valence electrons. The van der Waals surface area contributed by atoms with E-state index in [9.17, 15) is 53.1 Å². The van der Waals surface area contributed by atoms with Crippen LogP contribution in [-0.4, -0.2) is 141 Å². The van der Waals surface area contributed by atoms with Crippen molar-refractivity contribution < 1.29 is 58.2 Å². The zero-order chi connectivity index (χ0) is 47.5. The summed E-state index contributed by atoms with van der Waals surface area (Å²) in [5.41, 5.74) is 11.1. The Labute approximate surface area is 369 Å². The Morgan fingerprint density at radius 3 is 2.03 bits per heavy atom. The molecule has 1 saturated heterocycles. The van der Waals surface area contributed by atoms with Crippen molar-refractivity contribution in [2.45, 2.75) is 147 Å². The molecule has 0 aliphatic carbocycles. The first-order valence-electron chi connectivity index (χ1n) is 20.4. The predicted octanol–water partition coefficient (Wildman–Crippen LogP) is -2.75. The highest BCUT2D eigenvalue weighted by Gasteiger charge is 2.42. The summed E-state index contributed by atoms with van der Waals surface area (Å²) in [5, 5.41) is 40.0. The molecule has 0 radical (unpaired) electrons. The summed E-state index contributed by atoms with van der Waals surface area (Å²) >= 11 is 0. The minimum atomic E-state index is -1.65. The summed E-state index contributed by atoms with van der Waals surface area (Å²) in [7, 11) is 1.93. The Morgan fingerprint density at radius 1 is 0.855 bits per heavy atom. The number of rotatable bonds is 19. The van der Waals surface area contributed by atoms with Crippen LogP contribution >= 0.6 is 21.6 Å². The lowest BCUT2D eigenvalue weighted by atomic mass is 9.98. The van der Waals surface area contributed by atoms with Crippen molar-refractivity contribution in [3.8, 4) is 0 Å². The number of hydrogen-bond acceptors (Lipinski definition) is 14. The van der Waals surface area contributed by atoms with Gasteiger partial charge in [-0.2, -0.15) is 0 Å². The summed E-state index contributed by atoms with van der Waals surface area (Å²) in [6, 6.07) is -9.55. The molecule has 24 heteroatoms. The fraction of sp³-hybridized carbons (Fsp3) is 0.737. The number of carbonyl (C=O) groups excluding carboxylic acids is 9. The van der Waals surface area contributed by atoms with E-state index in [1.54, 1.807) is 41.5 Å². The van der Waals surface area contributed by atoms with E-state index >= 15 is 0 Å². The standard InChI is InChI=1S/C38H66N10O12S2/c1-9-19(4)28-36(59)45-24(33(56)43-22(31(40)54)13-14-26(52)53)17-61-62-38(7,8)30(37(60)47-29(20(5)49)34(57)41-16-25(51)46-28)48-32(55)23(12-10-11-15-39)44-35(58)27(18(2)3)42-21(6)50/h18-20,22-24,27-30,49H,9-17,39H2,1-8H3,(H2,40,54)(H,41,57)(H,42,50)(H,43,56)(H,44,58)(H,45,59)(H,46,51)(H,47,60)(H,48,55)(H,52,53)/t19-,20+,22-,23-,24-,27-,28-,29-,30+/m0/s1. The number of nitrogens with one attached hydrogen (secondary N) is 8. The molecule has 0 bridgehead atoms. The van der Waals surface area contributed by atoms with Crippen LogP contribution in [0, 0.1) is 11.8 Å². The van der Waals surface area contributed by atoms with Crippen molar-refractivity contribution in [3.63, 3.8) is 0 Å². The smallest absolute Gasteiger partial charge is 0.303 e. The molecule has 1 rings (SSSR count). The van der Waals surface area contributed by atoms with Gasteiger partial charge in [0.25, 0.3) is 0 Å². The zero-order valence-electron chi connectivity index (χ0n) is 36.6. The van der Waals surface area contributed by atoms with Gasteiger partial charge in [0.15, 0.2) is 0 Å². The van der Waals surface area contributed by atoms with E-state index in [-0.39, 0.29) is 31.1 Å². The van der Waals surface area contributed by atoms with Gasteiger partial charge in [0.05, 0.1) is 12.6 Å². The van der Waals surface area contributed by atoms with E-state index in [2.05, 4.69) is 42.5 Å². The van der Waals surface area contributed by atoms with Gasteiger partial charge in [0.2, 0.25) is 53.2 Å². The molecule has 9 amide bonds. The molecule has 0 aromatic rings. The van der Waals surface area contributed by atoms with E-state index in [0.29, 0.717) is 19.3 Å². The van der Waals surface area contributed by atoms with Crippen LogP contribution < -0.4 is 54.0 Å². The topological polar surface area (TPSA) is 359 Å². The number of hydrogen-bond donors (Lipinski definition) is 12. The monoisotopic (exact) mass is 918 g/mol. The second-order valence-electron chi connectivity index (χ2n) is 16.0. The normalized spacial score (nSPS) is 22.7. The van der Waals surface area contributed by atoms with Crippen LogP contribution in [0.15, 0.2) is 0 Å². The molecule has 1 aliphatic heterocycles. The lowest BCUT2D eigenvalue weighted by molar-refractivity contribution is -0.138. The van der Waals surface area contributed by atoms with Gasteiger partial charge in [-0.25, -0.2) is 0 Å². The van der Waals surface area contributed by atoms with E-state index in [4.69, 9.17) is 16.6 Å². The van der Waals surface area contributed by atoms with Crippen molar-refractivity contribution in [3.05, 3.63) is 0 Å². The van der Waals surface area contributed by atoms with Crippen molar-refractivity contribution in [2.75, 3.05) is 18.8 Å². The molecule has 0 spiro atoms. The Balaban J connectivity index is 3.80. The minimum absolute atomic E-state index is 0.0734. The van der Waals surface area contributed by atoms with Crippen molar-refractivity contribution in [1.82, 2.24) is 42.5 Å². The summed E-state index contributed by atoms with van der Waals surface area (Å²) in [6.45, 7) is 12.0. The van der Waals surface area contributed by atoms with Gasteiger partial charge in [-0.1, -0.05) is 55.7 Å². The van der Waals surface area contributed by atoms with Gasteiger partial charge < -0.3 is 64.2 Å². The van der Waals surface area contributed by atoms with Crippen molar-refractivity contribution >= 4 is 80.7 Å². The molecule has 1 heterocycles. The molecule has 0 saturated carbocycles. The maximum Gasteiger partial charge on any atom is 0.303 e. The second-order valence-corrected chi connectivity index (χ2v) is 19.0. The third kappa shape index (κ3) is 18.7. The van der Waals surface area contributed by atoms with E-state index in [1.807, 2.05) is 0 Å². The third-order valence-electron chi connectivity index (χ3n) is 9.88. The number of aliphatic hydroxyl groups is 1. The van der Waals surface area contributed by atoms with Crippen LogP contribution in [0.5, 0.6) is 0 Å². The molecule has 62 heavy (non-hydrogen) atoms. The number of amides is 9. The molecular formula is C38H66N10O12S2. The number of aliphatic carboxylic acids is 1. The second kappa shape index (κ2) is 26.7. The Kier molecular flexibility index (Phi) is 23.8. The predicted molar refractivity (Wildman–Crippen MR) is 231 cm³/mol. The molecule has 14 N–H and O–H groups in total. The first-order valence-corrected chi connectivity index (χ1v) is 22.7. The summed E-state index contributed by atoms with van der Waals surface area (Å²) in [5.74, 6) is -9.88. The Hall–Kier alpha value is -4.68. The number of unbranched alkanes of at least 4 members (excludes halogenated alkanes) is 1. The average molecular weight is 919 g/mol. The third-order valence-corrected chi connectivity index (χ3v) is 13.2. The van der Waals surface area contributed by atoms with Gasteiger partial charge in [-0.05, 0) is 64.8 Å². The number of aliphatic hydroxyl groups excluding tert-OH is 1. The number of carboxylic acids is 1. The van der Waals surface area contributed by atoms with Gasteiger partial charge in [-0.3, -0.25) is 47.9 Å².